The average molecular weight is 397 g/mol. The number of hydrogen-bond donors (Lipinski definition) is 1. The number of amides is 2. The van der Waals surface area contributed by atoms with Gasteiger partial charge in [0.2, 0.25) is 17.4 Å². The van der Waals surface area contributed by atoms with Crippen molar-refractivity contribution in [3.8, 4) is 0 Å². The van der Waals surface area contributed by atoms with Gasteiger partial charge in [-0.25, -0.2) is 9.18 Å². The van der Waals surface area contributed by atoms with E-state index < -0.39 is 47.0 Å². The molecule has 2 heterocycles. The third-order valence-electron chi connectivity index (χ3n) is 6.02. The second kappa shape index (κ2) is 7.08. The number of fused-ring (bicyclic) bond motifs is 1. The summed E-state index contributed by atoms with van der Waals surface area (Å²) in [6.07, 6.45) is 0. The van der Waals surface area contributed by atoms with Gasteiger partial charge in [-0.05, 0) is 13.0 Å². The molecule has 0 bridgehead atoms. The Morgan fingerprint density at radius 2 is 1.76 bits per heavy atom. The summed E-state index contributed by atoms with van der Waals surface area (Å²) in [5, 5.41) is 1.65. The molecule has 0 aliphatic carbocycles. The van der Waals surface area contributed by atoms with E-state index in [0.717, 1.165) is 4.90 Å². The minimum absolute atomic E-state index is 0.126. The smallest absolute Gasteiger partial charge is 0.373 e. The molecule has 6 nitrogen and oxygen atoms in total. The normalized spacial score (nSPS) is 28.5. The number of ether oxygens (including phenoxy) is 1. The highest BCUT2D eigenvalue weighted by Gasteiger charge is 2.73. The molecule has 2 aliphatic heterocycles. The van der Waals surface area contributed by atoms with Crippen LogP contribution >= 0.6 is 0 Å². The summed E-state index contributed by atoms with van der Waals surface area (Å²) < 4.78 is 20.1. The third kappa shape index (κ3) is 2.68. The summed E-state index contributed by atoms with van der Waals surface area (Å²) in [4.78, 5) is 40.5. The lowest BCUT2D eigenvalue weighted by molar-refractivity contribution is -0.742. The summed E-state index contributed by atoms with van der Waals surface area (Å²) in [6, 6.07) is 14.2. The van der Waals surface area contributed by atoms with Gasteiger partial charge in [-0.3, -0.25) is 14.5 Å². The van der Waals surface area contributed by atoms with Crippen LogP contribution in [0, 0.1) is 17.7 Å². The summed E-state index contributed by atoms with van der Waals surface area (Å²) in [5.41, 5.74) is -0.614. The highest BCUT2D eigenvalue weighted by atomic mass is 19.1. The van der Waals surface area contributed by atoms with Crippen molar-refractivity contribution in [2.45, 2.75) is 18.5 Å². The van der Waals surface area contributed by atoms with Crippen molar-refractivity contribution in [3.63, 3.8) is 0 Å². The van der Waals surface area contributed by atoms with Crippen LogP contribution in [0.15, 0.2) is 54.6 Å². The predicted molar refractivity (Wildman–Crippen MR) is 101 cm³/mol. The molecule has 0 spiro atoms. The SMILES string of the molecule is CCOC(=O)[C@@]1(c2ccccc2)[NH2+][C@@H](c2ccccc2F)[C@H]2C(=O)N(C)C(=O)[C@H]21. The predicted octanol–water partition coefficient (Wildman–Crippen LogP) is 1.13. The van der Waals surface area contributed by atoms with Crippen molar-refractivity contribution in [2.75, 3.05) is 13.7 Å². The van der Waals surface area contributed by atoms with E-state index >= 15 is 0 Å². The second-order valence-corrected chi connectivity index (χ2v) is 7.41. The molecular weight excluding hydrogens is 375 g/mol. The lowest BCUT2D eigenvalue weighted by Crippen LogP contribution is -2.96. The van der Waals surface area contributed by atoms with Crippen molar-refractivity contribution in [1.29, 1.82) is 0 Å². The van der Waals surface area contributed by atoms with Crippen LogP contribution in [0.25, 0.3) is 0 Å². The van der Waals surface area contributed by atoms with Gasteiger partial charge in [-0.1, -0.05) is 48.5 Å². The average Bonchev–Trinajstić information content (AvgIpc) is 3.20. The lowest BCUT2D eigenvalue weighted by Gasteiger charge is -2.29. The summed E-state index contributed by atoms with van der Waals surface area (Å²) in [6.45, 7) is 1.81. The van der Waals surface area contributed by atoms with Crippen molar-refractivity contribution in [1.82, 2.24) is 4.90 Å². The zero-order valence-electron chi connectivity index (χ0n) is 16.2. The molecule has 29 heavy (non-hydrogen) atoms. The number of quaternary nitrogens is 1. The summed E-state index contributed by atoms with van der Waals surface area (Å²) >= 11 is 0. The van der Waals surface area contributed by atoms with Gasteiger partial charge < -0.3 is 10.1 Å². The van der Waals surface area contributed by atoms with Gasteiger partial charge in [0.25, 0.3) is 0 Å². The Morgan fingerprint density at radius 1 is 1.10 bits per heavy atom. The van der Waals surface area contributed by atoms with Crippen molar-refractivity contribution in [3.05, 3.63) is 71.5 Å². The van der Waals surface area contributed by atoms with Gasteiger partial charge in [0.15, 0.2) is 0 Å². The minimum Gasteiger partial charge on any atom is -0.461 e. The number of imide groups is 1. The number of carbonyl (C=O) groups is 3. The van der Waals surface area contributed by atoms with Crippen LogP contribution in [-0.4, -0.2) is 36.3 Å². The number of halogens is 1. The van der Waals surface area contributed by atoms with E-state index in [-0.39, 0.29) is 6.61 Å². The largest absolute Gasteiger partial charge is 0.461 e. The van der Waals surface area contributed by atoms with E-state index in [1.165, 1.54) is 13.1 Å². The Kier molecular flexibility index (Phi) is 4.70. The number of nitrogens with two attached hydrogens (primary N) is 1. The molecule has 2 amide bonds. The Hall–Kier alpha value is -3.06. The van der Waals surface area contributed by atoms with E-state index in [9.17, 15) is 18.8 Å². The van der Waals surface area contributed by atoms with Gasteiger partial charge in [0.05, 0.1) is 6.61 Å². The molecule has 2 aliphatic rings. The van der Waals surface area contributed by atoms with E-state index in [0.29, 0.717) is 11.1 Å². The van der Waals surface area contributed by atoms with Crippen molar-refractivity contribution >= 4 is 17.8 Å². The maximum absolute atomic E-state index is 14.7. The quantitative estimate of drug-likeness (QED) is 0.620. The number of rotatable bonds is 4. The van der Waals surface area contributed by atoms with Crippen LogP contribution in [0.4, 0.5) is 4.39 Å². The van der Waals surface area contributed by atoms with Crippen molar-refractivity contribution < 1.29 is 28.8 Å². The van der Waals surface area contributed by atoms with Gasteiger partial charge in [-0.15, -0.1) is 0 Å². The first-order chi connectivity index (χ1) is 13.9. The van der Waals surface area contributed by atoms with Gasteiger partial charge in [0.1, 0.15) is 23.7 Å². The number of benzene rings is 2. The maximum Gasteiger partial charge on any atom is 0.373 e. The second-order valence-electron chi connectivity index (χ2n) is 7.41. The molecule has 150 valence electrons. The van der Waals surface area contributed by atoms with Crippen LogP contribution in [0.2, 0.25) is 0 Å². The monoisotopic (exact) mass is 397 g/mol. The molecule has 7 heteroatoms. The van der Waals surface area contributed by atoms with Gasteiger partial charge >= 0.3 is 5.97 Å². The molecule has 0 unspecified atom stereocenters. The number of nitrogens with zero attached hydrogens (tertiary/aromatic N) is 1. The standard InChI is InChI=1S/C22H21FN2O4/c1-3-29-21(28)22(13-9-5-4-6-10-13)17-16(19(26)25(2)20(17)27)18(24-22)14-11-7-8-12-15(14)23/h4-12,16-18,24H,3H2,1-2H3/p+1/t16-,17-,18-,22-/m0/s1. The third-order valence-corrected chi connectivity index (χ3v) is 6.02. The number of esters is 1. The fourth-order valence-corrected chi connectivity index (χ4v) is 4.75. The zero-order valence-corrected chi connectivity index (χ0v) is 16.2. The molecule has 0 saturated carbocycles. The topological polar surface area (TPSA) is 80.3 Å². The Balaban J connectivity index is 1.96. The molecule has 2 N–H and O–H groups in total. The zero-order chi connectivity index (χ0) is 20.8. The molecule has 2 aromatic carbocycles. The van der Waals surface area contributed by atoms with Gasteiger partial charge in [-0.2, -0.15) is 0 Å². The number of carbonyl (C=O) groups excluding carboxylic acids is 3. The molecule has 4 rings (SSSR count). The van der Waals surface area contributed by atoms with Gasteiger partial charge in [0, 0.05) is 18.2 Å². The molecule has 2 aromatic rings. The van der Waals surface area contributed by atoms with Crippen LogP contribution < -0.4 is 5.32 Å². The Labute approximate surface area is 167 Å². The van der Waals surface area contributed by atoms with Crippen LogP contribution in [0.5, 0.6) is 0 Å². The summed E-state index contributed by atoms with van der Waals surface area (Å²) in [7, 11) is 1.41. The first kappa shape index (κ1) is 19.3. The first-order valence-electron chi connectivity index (χ1n) is 9.58. The molecular formula is C22H22FN2O4+. The molecule has 4 atom stereocenters. The Bertz CT molecular complexity index is 980. The number of likely N-dealkylation sites (tertiary alicyclic amines) is 1. The van der Waals surface area contributed by atoms with Crippen LogP contribution in [0.3, 0.4) is 0 Å². The van der Waals surface area contributed by atoms with E-state index in [2.05, 4.69) is 0 Å². The highest BCUT2D eigenvalue weighted by molar-refractivity contribution is 6.08. The first-order valence-corrected chi connectivity index (χ1v) is 9.58. The van der Waals surface area contributed by atoms with E-state index in [1.54, 1.807) is 60.8 Å². The maximum atomic E-state index is 14.7. The Morgan fingerprint density at radius 3 is 2.41 bits per heavy atom. The lowest BCUT2D eigenvalue weighted by atomic mass is 9.75. The van der Waals surface area contributed by atoms with E-state index in [1.807, 2.05) is 0 Å². The molecule has 0 radical (unpaired) electrons. The van der Waals surface area contributed by atoms with Crippen LogP contribution in [0.1, 0.15) is 24.1 Å². The molecule has 2 saturated heterocycles. The molecule has 2 fully saturated rings. The van der Waals surface area contributed by atoms with Crippen molar-refractivity contribution in [2.24, 2.45) is 11.8 Å². The van der Waals surface area contributed by atoms with Crippen LogP contribution in [-0.2, 0) is 24.7 Å². The van der Waals surface area contributed by atoms with E-state index in [4.69, 9.17) is 4.74 Å². The number of hydrogen-bond acceptors (Lipinski definition) is 4. The molecule has 0 aromatic heterocycles. The fourth-order valence-electron chi connectivity index (χ4n) is 4.75. The fraction of sp³-hybridized carbons (Fsp3) is 0.318. The summed E-state index contributed by atoms with van der Waals surface area (Å²) in [5.74, 6) is -3.79. The minimum atomic E-state index is -1.47. The highest BCUT2D eigenvalue weighted by Crippen LogP contribution is 2.48.